The lowest BCUT2D eigenvalue weighted by Gasteiger charge is -2.36. The van der Waals surface area contributed by atoms with Gasteiger partial charge in [-0.15, -0.1) is 0 Å². The van der Waals surface area contributed by atoms with Gasteiger partial charge >= 0.3 is 0 Å². The van der Waals surface area contributed by atoms with Crippen LogP contribution in [0.1, 0.15) is 31.0 Å². The summed E-state index contributed by atoms with van der Waals surface area (Å²) in [7, 11) is 4.14. The van der Waals surface area contributed by atoms with Gasteiger partial charge in [0.05, 0.1) is 6.04 Å². The summed E-state index contributed by atoms with van der Waals surface area (Å²) < 4.78 is 0. The molecule has 0 saturated carbocycles. The molecule has 15 heavy (non-hydrogen) atoms. The van der Waals surface area contributed by atoms with E-state index in [1.165, 1.54) is 11.1 Å². The third-order valence-corrected chi connectivity index (χ3v) is 2.58. The predicted octanol–water partition coefficient (Wildman–Crippen LogP) is 2.34. The molecule has 0 aromatic heterocycles. The zero-order valence-corrected chi connectivity index (χ0v) is 10.4. The van der Waals surface area contributed by atoms with Crippen molar-refractivity contribution in [2.24, 2.45) is 5.73 Å². The van der Waals surface area contributed by atoms with E-state index in [-0.39, 0.29) is 11.6 Å². The summed E-state index contributed by atoms with van der Waals surface area (Å²) >= 11 is 0. The number of likely N-dealkylation sites (N-methyl/N-ethyl adjacent to an activating group) is 1. The third kappa shape index (κ3) is 3.05. The normalized spacial score (nSPS) is 14.3. The van der Waals surface area contributed by atoms with Crippen molar-refractivity contribution in [2.45, 2.75) is 32.4 Å². The van der Waals surface area contributed by atoms with E-state index < -0.39 is 0 Å². The lowest BCUT2D eigenvalue weighted by molar-refractivity contribution is 0.205. The Morgan fingerprint density at radius 1 is 1.27 bits per heavy atom. The van der Waals surface area contributed by atoms with Crippen molar-refractivity contribution in [1.82, 2.24) is 4.90 Å². The molecule has 1 unspecified atom stereocenters. The highest BCUT2D eigenvalue weighted by Crippen LogP contribution is 2.28. The molecule has 0 heterocycles. The molecular weight excluding hydrogens is 184 g/mol. The molecule has 0 aliphatic rings. The van der Waals surface area contributed by atoms with Gasteiger partial charge in [-0.2, -0.15) is 0 Å². The van der Waals surface area contributed by atoms with Crippen molar-refractivity contribution < 1.29 is 0 Å². The fourth-order valence-corrected chi connectivity index (χ4v) is 2.23. The predicted molar refractivity (Wildman–Crippen MR) is 65.9 cm³/mol. The number of benzene rings is 1. The first-order valence-corrected chi connectivity index (χ1v) is 5.34. The molecule has 0 aliphatic heterocycles. The van der Waals surface area contributed by atoms with E-state index in [4.69, 9.17) is 5.73 Å². The average Bonchev–Trinajstić information content (AvgIpc) is 1.99. The van der Waals surface area contributed by atoms with Crippen LogP contribution in [-0.4, -0.2) is 24.5 Å². The quantitative estimate of drug-likeness (QED) is 0.822. The summed E-state index contributed by atoms with van der Waals surface area (Å²) in [4.78, 5) is 2.18. The van der Waals surface area contributed by atoms with Crippen LogP contribution in [0.3, 0.4) is 0 Å². The Morgan fingerprint density at radius 3 is 2.27 bits per heavy atom. The minimum absolute atomic E-state index is 0.239. The molecule has 0 radical (unpaired) electrons. The lowest BCUT2D eigenvalue weighted by atomic mass is 9.88. The Bertz CT molecular complexity index is 324. The molecule has 2 heteroatoms. The first kappa shape index (κ1) is 12.2. The van der Waals surface area contributed by atoms with Crippen LogP contribution in [0.4, 0.5) is 0 Å². The zero-order valence-electron chi connectivity index (χ0n) is 10.4. The van der Waals surface area contributed by atoms with Crippen molar-refractivity contribution in [3.05, 3.63) is 35.4 Å². The van der Waals surface area contributed by atoms with E-state index in [0.717, 1.165) is 0 Å². The highest BCUT2D eigenvalue weighted by molar-refractivity contribution is 5.27. The SMILES string of the molecule is Cc1cccc(C(N(C)C)C(C)(C)N)c1. The largest absolute Gasteiger partial charge is 0.324 e. The third-order valence-electron chi connectivity index (χ3n) is 2.58. The van der Waals surface area contributed by atoms with Gasteiger partial charge < -0.3 is 10.6 Å². The van der Waals surface area contributed by atoms with Crippen LogP contribution in [0, 0.1) is 6.92 Å². The molecular formula is C13H22N2. The molecule has 84 valence electrons. The molecule has 0 fully saturated rings. The van der Waals surface area contributed by atoms with Gasteiger partial charge in [-0.05, 0) is 40.4 Å². The Kier molecular flexibility index (Phi) is 3.53. The van der Waals surface area contributed by atoms with Crippen molar-refractivity contribution in [3.63, 3.8) is 0 Å². The van der Waals surface area contributed by atoms with E-state index in [1.54, 1.807) is 0 Å². The zero-order chi connectivity index (χ0) is 11.6. The molecule has 2 nitrogen and oxygen atoms in total. The van der Waals surface area contributed by atoms with Crippen molar-refractivity contribution >= 4 is 0 Å². The van der Waals surface area contributed by atoms with Crippen molar-refractivity contribution in [1.29, 1.82) is 0 Å². The maximum atomic E-state index is 6.22. The monoisotopic (exact) mass is 206 g/mol. The summed E-state index contributed by atoms with van der Waals surface area (Å²) in [6, 6.07) is 8.80. The minimum atomic E-state index is -0.239. The second kappa shape index (κ2) is 4.33. The summed E-state index contributed by atoms with van der Waals surface area (Å²) in [6.07, 6.45) is 0. The van der Waals surface area contributed by atoms with Gasteiger partial charge in [-0.3, -0.25) is 0 Å². The first-order valence-electron chi connectivity index (χ1n) is 5.34. The van der Waals surface area contributed by atoms with Gasteiger partial charge in [0.1, 0.15) is 0 Å². The van der Waals surface area contributed by atoms with Gasteiger partial charge in [0.2, 0.25) is 0 Å². The summed E-state index contributed by atoms with van der Waals surface area (Å²) in [5, 5.41) is 0. The summed E-state index contributed by atoms with van der Waals surface area (Å²) in [5.41, 5.74) is 8.55. The maximum Gasteiger partial charge on any atom is 0.0517 e. The van der Waals surface area contributed by atoms with Crippen LogP contribution in [0.15, 0.2) is 24.3 Å². The van der Waals surface area contributed by atoms with Crippen LogP contribution in [0.25, 0.3) is 0 Å². The van der Waals surface area contributed by atoms with Crippen LogP contribution < -0.4 is 5.73 Å². The van der Waals surface area contributed by atoms with Crippen molar-refractivity contribution in [2.75, 3.05) is 14.1 Å². The van der Waals surface area contributed by atoms with Gasteiger partial charge in [0.25, 0.3) is 0 Å². The number of nitrogens with zero attached hydrogens (tertiary/aromatic N) is 1. The lowest BCUT2D eigenvalue weighted by Crippen LogP contribution is -2.45. The standard InChI is InChI=1S/C13H22N2/c1-10-7-6-8-11(9-10)12(15(4)5)13(2,3)14/h6-9,12H,14H2,1-5H3. The molecule has 1 atom stereocenters. The molecule has 1 aromatic rings. The number of hydrogen-bond acceptors (Lipinski definition) is 2. The number of rotatable bonds is 3. The van der Waals surface area contributed by atoms with E-state index in [0.29, 0.717) is 0 Å². The summed E-state index contributed by atoms with van der Waals surface area (Å²) in [6.45, 7) is 6.25. The fraction of sp³-hybridized carbons (Fsp3) is 0.538. The van der Waals surface area contributed by atoms with Crippen molar-refractivity contribution in [3.8, 4) is 0 Å². The Labute approximate surface area is 93.1 Å². The molecule has 0 aliphatic carbocycles. The van der Waals surface area contributed by atoms with Gasteiger partial charge in [-0.1, -0.05) is 29.8 Å². The number of aryl methyl sites for hydroxylation is 1. The molecule has 0 saturated heterocycles. The molecule has 0 bridgehead atoms. The molecule has 0 amide bonds. The second-order valence-corrected chi connectivity index (χ2v) is 5.10. The van der Waals surface area contributed by atoms with Crippen LogP contribution in [-0.2, 0) is 0 Å². The average molecular weight is 206 g/mol. The van der Waals surface area contributed by atoms with Gasteiger partial charge in [-0.25, -0.2) is 0 Å². The number of nitrogens with two attached hydrogens (primary N) is 1. The van der Waals surface area contributed by atoms with E-state index in [9.17, 15) is 0 Å². The van der Waals surface area contributed by atoms with Crippen LogP contribution in [0.2, 0.25) is 0 Å². The maximum absolute atomic E-state index is 6.22. The fourth-order valence-electron chi connectivity index (χ4n) is 2.23. The summed E-state index contributed by atoms with van der Waals surface area (Å²) in [5.74, 6) is 0. The van der Waals surface area contributed by atoms with Crippen LogP contribution in [0.5, 0.6) is 0 Å². The van der Waals surface area contributed by atoms with Gasteiger partial charge in [0.15, 0.2) is 0 Å². The van der Waals surface area contributed by atoms with E-state index >= 15 is 0 Å². The highest BCUT2D eigenvalue weighted by Gasteiger charge is 2.28. The van der Waals surface area contributed by atoms with Gasteiger partial charge in [0, 0.05) is 5.54 Å². The second-order valence-electron chi connectivity index (χ2n) is 5.10. The van der Waals surface area contributed by atoms with E-state index in [1.807, 2.05) is 0 Å². The molecule has 1 rings (SSSR count). The molecule has 0 spiro atoms. The smallest absolute Gasteiger partial charge is 0.0517 e. The molecule has 1 aromatic carbocycles. The van der Waals surface area contributed by atoms with E-state index in [2.05, 4.69) is 64.0 Å². The Hall–Kier alpha value is -0.860. The number of hydrogen-bond donors (Lipinski definition) is 1. The highest BCUT2D eigenvalue weighted by atomic mass is 15.1. The first-order chi connectivity index (χ1) is 6.82. The Morgan fingerprint density at radius 2 is 1.87 bits per heavy atom. The topological polar surface area (TPSA) is 29.3 Å². The Balaban J connectivity index is 3.11. The minimum Gasteiger partial charge on any atom is -0.324 e. The van der Waals surface area contributed by atoms with Crippen LogP contribution >= 0.6 is 0 Å². The molecule has 2 N–H and O–H groups in total.